The lowest BCUT2D eigenvalue weighted by Crippen LogP contribution is -2.36. The molecule has 0 aliphatic heterocycles. The Labute approximate surface area is 176 Å². The predicted molar refractivity (Wildman–Crippen MR) is 112 cm³/mol. The van der Waals surface area contributed by atoms with E-state index in [0.717, 1.165) is 10.8 Å². The van der Waals surface area contributed by atoms with E-state index in [1.807, 2.05) is 0 Å². The third-order valence-corrected chi connectivity index (χ3v) is 4.51. The van der Waals surface area contributed by atoms with Gasteiger partial charge in [-0.25, -0.2) is 9.37 Å². The Hall–Kier alpha value is -3.52. The largest absolute Gasteiger partial charge is 0.352 e. The summed E-state index contributed by atoms with van der Waals surface area (Å²) >= 11 is 6.06. The molecule has 3 rings (SSSR count). The minimum Gasteiger partial charge on any atom is -0.352 e. The van der Waals surface area contributed by atoms with Crippen molar-refractivity contribution < 1.29 is 14.0 Å². The summed E-state index contributed by atoms with van der Waals surface area (Å²) in [6, 6.07) is 12.0. The number of nitrogens with zero attached hydrogens (tertiary/aromatic N) is 2. The standard InChI is InChI=1S/C21H18ClFN4O3/c1-2-24-20(29)15-11-25-19(13-7-9-14(23)10-8-13)27(21(15)30)12-18(28)26-17-6-4-3-5-16(17)22/h3-11H,2,12H2,1H3,(H,24,29)(H,26,28). The molecule has 1 aromatic heterocycles. The van der Waals surface area contributed by atoms with Gasteiger partial charge < -0.3 is 10.6 Å². The van der Waals surface area contributed by atoms with Gasteiger partial charge in [0.15, 0.2) is 0 Å². The number of halogens is 2. The Morgan fingerprint density at radius 3 is 2.50 bits per heavy atom. The first-order valence-corrected chi connectivity index (χ1v) is 9.47. The van der Waals surface area contributed by atoms with Crippen molar-refractivity contribution in [1.82, 2.24) is 14.9 Å². The zero-order chi connectivity index (χ0) is 21.7. The van der Waals surface area contributed by atoms with Crippen LogP contribution in [0.5, 0.6) is 0 Å². The maximum absolute atomic E-state index is 13.3. The summed E-state index contributed by atoms with van der Waals surface area (Å²) in [7, 11) is 0. The average molecular weight is 429 g/mol. The van der Waals surface area contributed by atoms with E-state index in [9.17, 15) is 18.8 Å². The SMILES string of the molecule is CCNC(=O)c1cnc(-c2ccc(F)cc2)n(CC(=O)Nc2ccccc2Cl)c1=O. The lowest BCUT2D eigenvalue weighted by atomic mass is 10.2. The number of rotatable bonds is 6. The molecular weight excluding hydrogens is 411 g/mol. The summed E-state index contributed by atoms with van der Waals surface area (Å²) in [5, 5.41) is 5.50. The molecule has 2 amide bonds. The van der Waals surface area contributed by atoms with Crippen molar-refractivity contribution in [2.75, 3.05) is 11.9 Å². The van der Waals surface area contributed by atoms with Crippen molar-refractivity contribution in [2.24, 2.45) is 0 Å². The summed E-state index contributed by atoms with van der Waals surface area (Å²) in [4.78, 5) is 42.0. The van der Waals surface area contributed by atoms with E-state index in [2.05, 4.69) is 15.6 Å². The van der Waals surface area contributed by atoms with E-state index in [1.54, 1.807) is 31.2 Å². The molecule has 1 heterocycles. The Kier molecular flexibility index (Phi) is 6.58. The van der Waals surface area contributed by atoms with Gasteiger partial charge in [0.1, 0.15) is 23.7 Å². The van der Waals surface area contributed by atoms with Gasteiger partial charge in [0.05, 0.1) is 10.7 Å². The number of hydrogen-bond donors (Lipinski definition) is 2. The van der Waals surface area contributed by atoms with Gasteiger partial charge in [0.25, 0.3) is 11.5 Å². The summed E-state index contributed by atoms with van der Waals surface area (Å²) < 4.78 is 14.4. The van der Waals surface area contributed by atoms with Crippen LogP contribution in [0.1, 0.15) is 17.3 Å². The molecule has 2 aromatic carbocycles. The molecule has 154 valence electrons. The molecule has 0 spiro atoms. The lowest BCUT2D eigenvalue weighted by molar-refractivity contribution is -0.116. The van der Waals surface area contributed by atoms with Crippen molar-refractivity contribution in [2.45, 2.75) is 13.5 Å². The molecule has 9 heteroatoms. The number of amides is 2. The molecule has 0 saturated heterocycles. The highest BCUT2D eigenvalue weighted by Crippen LogP contribution is 2.21. The molecule has 0 fully saturated rings. The minimum absolute atomic E-state index is 0.127. The van der Waals surface area contributed by atoms with Crippen LogP contribution >= 0.6 is 11.6 Å². The summed E-state index contributed by atoms with van der Waals surface area (Å²) in [5.74, 6) is -1.46. The number of carbonyl (C=O) groups is 2. The van der Waals surface area contributed by atoms with Gasteiger partial charge in [-0.05, 0) is 43.3 Å². The van der Waals surface area contributed by atoms with Crippen LogP contribution in [-0.4, -0.2) is 27.9 Å². The van der Waals surface area contributed by atoms with Crippen LogP contribution in [0, 0.1) is 5.82 Å². The number of carbonyl (C=O) groups excluding carboxylic acids is 2. The fourth-order valence-electron chi connectivity index (χ4n) is 2.78. The number of benzene rings is 2. The molecule has 30 heavy (non-hydrogen) atoms. The second-order valence-electron chi connectivity index (χ2n) is 6.28. The Morgan fingerprint density at radius 2 is 1.83 bits per heavy atom. The monoisotopic (exact) mass is 428 g/mol. The van der Waals surface area contributed by atoms with Crippen molar-refractivity contribution >= 4 is 29.1 Å². The van der Waals surface area contributed by atoms with Gasteiger partial charge in [-0.3, -0.25) is 19.0 Å². The lowest BCUT2D eigenvalue weighted by Gasteiger charge is -2.14. The van der Waals surface area contributed by atoms with Crippen molar-refractivity contribution in [3.05, 3.63) is 81.5 Å². The highest BCUT2D eigenvalue weighted by molar-refractivity contribution is 6.33. The number of para-hydroxylation sites is 1. The number of aromatic nitrogens is 2. The molecule has 0 aliphatic rings. The van der Waals surface area contributed by atoms with Crippen LogP contribution in [0.3, 0.4) is 0 Å². The first-order valence-electron chi connectivity index (χ1n) is 9.09. The van der Waals surface area contributed by atoms with Crippen LogP contribution in [0.4, 0.5) is 10.1 Å². The summed E-state index contributed by atoms with van der Waals surface area (Å²) in [6.45, 7) is 1.62. The zero-order valence-electron chi connectivity index (χ0n) is 16.0. The zero-order valence-corrected chi connectivity index (χ0v) is 16.7. The molecule has 0 radical (unpaired) electrons. The molecule has 0 bridgehead atoms. The maximum Gasteiger partial charge on any atom is 0.267 e. The molecule has 3 aromatic rings. The van der Waals surface area contributed by atoms with Gasteiger partial charge in [0, 0.05) is 18.3 Å². The highest BCUT2D eigenvalue weighted by atomic mass is 35.5. The van der Waals surface area contributed by atoms with E-state index in [-0.39, 0.29) is 11.4 Å². The smallest absolute Gasteiger partial charge is 0.267 e. The number of nitrogens with one attached hydrogen (secondary N) is 2. The second kappa shape index (κ2) is 9.32. The first-order chi connectivity index (χ1) is 14.4. The van der Waals surface area contributed by atoms with Crippen LogP contribution < -0.4 is 16.2 Å². The third-order valence-electron chi connectivity index (χ3n) is 4.18. The van der Waals surface area contributed by atoms with E-state index in [4.69, 9.17) is 11.6 Å². The first kappa shape index (κ1) is 21.2. The van der Waals surface area contributed by atoms with Crippen molar-refractivity contribution in [1.29, 1.82) is 0 Å². The fourth-order valence-corrected chi connectivity index (χ4v) is 2.96. The topological polar surface area (TPSA) is 93.1 Å². The van der Waals surface area contributed by atoms with Crippen molar-refractivity contribution in [3.8, 4) is 11.4 Å². The average Bonchev–Trinajstić information content (AvgIpc) is 2.72. The van der Waals surface area contributed by atoms with E-state index < -0.39 is 29.7 Å². The number of anilines is 1. The van der Waals surface area contributed by atoms with Crippen LogP contribution in [0.2, 0.25) is 5.02 Å². The molecule has 0 aliphatic carbocycles. The van der Waals surface area contributed by atoms with Crippen molar-refractivity contribution in [3.63, 3.8) is 0 Å². The van der Waals surface area contributed by atoms with Gasteiger partial charge in [-0.2, -0.15) is 0 Å². The maximum atomic E-state index is 13.3. The van der Waals surface area contributed by atoms with Gasteiger partial charge in [-0.15, -0.1) is 0 Å². The predicted octanol–water partition coefficient (Wildman–Crippen LogP) is 3.09. The third kappa shape index (κ3) is 4.72. The summed E-state index contributed by atoms with van der Waals surface area (Å²) in [6.07, 6.45) is 1.15. The molecule has 0 unspecified atom stereocenters. The van der Waals surface area contributed by atoms with Crippen LogP contribution in [-0.2, 0) is 11.3 Å². The Balaban J connectivity index is 2.02. The Bertz CT molecular complexity index is 1150. The highest BCUT2D eigenvalue weighted by Gasteiger charge is 2.19. The molecule has 0 saturated carbocycles. The molecule has 7 nitrogen and oxygen atoms in total. The number of hydrogen-bond acceptors (Lipinski definition) is 4. The molecule has 2 N–H and O–H groups in total. The molecular formula is C21H18ClFN4O3. The van der Waals surface area contributed by atoms with E-state index in [1.165, 1.54) is 24.3 Å². The normalized spacial score (nSPS) is 10.5. The second-order valence-corrected chi connectivity index (χ2v) is 6.69. The van der Waals surface area contributed by atoms with E-state index >= 15 is 0 Å². The van der Waals surface area contributed by atoms with Gasteiger partial charge >= 0.3 is 0 Å². The Morgan fingerprint density at radius 1 is 1.13 bits per heavy atom. The molecule has 0 atom stereocenters. The van der Waals surface area contributed by atoms with Crippen LogP contribution in [0.15, 0.2) is 59.5 Å². The quantitative estimate of drug-likeness (QED) is 0.631. The minimum atomic E-state index is -0.690. The fraction of sp³-hybridized carbons (Fsp3) is 0.143. The van der Waals surface area contributed by atoms with E-state index in [0.29, 0.717) is 22.8 Å². The van der Waals surface area contributed by atoms with Gasteiger partial charge in [-0.1, -0.05) is 23.7 Å². The summed E-state index contributed by atoms with van der Waals surface area (Å²) in [5.41, 5.74) is -0.0901. The van der Waals surface area contributed by atoms with Crippen LogP contribution in [0.25, 0.3) is 11.4 Å². The van der Waals surface area contributed by atoms with Gasteiger partial charge in [0.2, 0.25) is 5.91 Å².